The van der Waals surface area contributed by atoms with Crippen LogP contribution in [0.15, 0.2) is 48.7 Å². The molecule has 11 heteroatoms. The van der Waals surface area contributed by atoms with Gasteiger partial charge in [-0.05, 0) is 35.7 Å². The number of imide groups is 1. The molecule has 1 aromatic heterocycles. The van der Waals surface area contributed by atoms with Crippen molar-refractivity contribution >= 4 is 29.3 Å². The third-order valence-electron chi connectivity index (χ3n) is 6.00. The molecule has 2 aliphatic heterocycles. The molecule has 3 amide bonds. The lowest BCUT2D eigenvalue weighted by Gasteiger charge is -2.29. The van der Waals surface area contributed by atoms with Crippen LogP contribution in [-0.4, -0.2) is 43.7 Å². The number of fused-ring (bicyclic) bond motifs is 1. The number of rotatable bonds is 5. The van der Waals surface area contributed by atoms with Gasteiger partial charge in [0.25, 0.3) is 5.91 Å². The number of nitrogens with one attached hydrogen (secondary N) is 1. The summed E-state index contributed by atoms with van der Waals surface area (Å²) in [5.41, 5.74) is 1.20. The monoisotopic (exact) mass is 485 g/mol. The van der Waals surface area contributed by atoms with Crippen LogP contribution in [0.3, 0.4) is 0 Å². The van der Waals surface area contributed by atoms with Crippen LogP contribution < -0.4 is 5.32 Å². The molecule has 1 N–H and O–H groups in total. The van der Waals surface area contributed by atoms with Crippen molar-refractivity contribution in [3.05, 3.63) is 81.6 Å². The van der Waals surface area contributed by atoms with E-state index < -0.39 is 23.6 Å². The fraction of sp³-hybridized carbons (Fsp3) is 0.261. The number of aromatic nitrogens is 3. The Bertz CT molecular complexity index is 1310. The molecule has 34 heavy (non-hydrogen) atoms. The van der Waals surface area contributed by atoms with Crippen molar-refractivity contribution in [1.82, 2.24) is 25.2 Å². The van der Waals surface area contributed by atoms with E-state index in [0.29, 0.717) is 10.6 Å². The molecule has 1 fully saturated rings. The Morgan fingerprint density at radius 1 is 1.12 bits per heavy atom. The van der Waals surface area contributed by atoms with Crippen molar-refractivity contribution < 1.29 is 23.2 Å². The lowest BCUT2D eigenvalue weighted by molar-refractivity contribution is -0.136. The van der Waals surface area contributed by atoms with E-state index in [9.17, 15) is 23.2 Å². The molecule has 1 unspecified atom stereocenters. The molecule has 8 nitrogen and oxygen atoms in total. The number of carbonyl (C=O) groups excluding carboxylic acids is 3. The number of alkyl halides is 2. The fourth-order valence-electron chi connectivity index (χ4n) is 4.24. The molecule has 0 bridgehead atoms. The standard InChI is InChI=1S/C23H18ClF2N5O3/c24-16-4-2-15(3-5-16)23(25,26)19-12-30(29-28-19)10-13-1-6-17-14(9-13)11-31(22(17)34)18-7-8-20(32)27-21(18)33/h1-6,9,12,18H,7-8,10-11H2,(H,27,32,33). The lowest BCUT2D eigenvalue weighted by Crippen LogP contribution is -2.52. The highest BCUT2D eigenvalue weighted by molar-refractivity contribution is 6.30. The largest absolute Gasteiger partial charge is 0.322 e. The summed E-state index contributed by atoms with van der Waals surface area (Å²) in [4.78, 5) is 37.9. The second-order valence-electron chi connectivity index (χ2n) is 8.27. The number of halogens is 3. The van der Waals surface area contributed by atoms with E-state index in [0.717, 1.165) is 11.1 Å². The molecule has 0 aliphatic carbocycles. The molecule has 0 saturated carbocycles. The summed E-state index contributed by atoms with van der Waals surface area (Å²) in [5, 5.41) is 10.1. The van der Waals surface area contributed by atoms with Gasteiger partial charge in [-0.25, -0.2) is 4.68 Å². The highest BCUT2D eigenvalue weighted by atomic mass is 35.5. The summed E-state index contributed by atoms with van der Waals surface area (Å²) in [6.45, 7) is 0.398. The predicted molar refractivity (Wildman–Crippen MR) is 116 cm³/mol. The summed E-state index contributed by atoms with van der Waals surface area (Å²) >= 11 is 5.78. The van der Waals surface area contributed by atoms with Crippen molar-refractivity contribution in [2.24, 2.45) is 0 Å². The first-order chi connectivity index (χ1) is 16.2. The Kier molecular flexibility index (Phi) is 5.40. The summed E-state index contributed by atoms with van der Waals surface area (Å²) < 4.78 is 30.9. The van der Waals surface area contributed by atoms with Crippen LogP contribution in [0.4, 0.5) is 8.78 Å². The van der Waals surface area contributed by atoms with E-state index in [2.05, 4.69) is 15.6 Å². The highest BCUT2D eigenvalue weighted by Crippen LogP contribution is 2.35. The van der Waals surface area contributed by atoms with Crippen molar-refractivity contribution in [2.75, 3.05) is 0 Å². The third kappa shape index (κ3) is 3.94. The van der Waals surface area contributed by atoms with Gasteiger partial charge in [-0.2, -0.15) is 8.78 Å². The second kappa shape index (κ2) is 8.28. The maximum absolute atomic E-state index is 14.8. The molecule has 1 saturated heterocycles. The molecule has 3 heterocycles. The minimum Gasteiger partial charge on any atom is -0.322 e. The Hall–Kier alpha value is -3.66. The van der Waals surface area contributed by atoms with E-state index in [4.69, 9.17) is 11.6 Å². The number of amides is 3. The number of piperidine rings is 1. The molecule has 0 spiro atoms. The average molecular weight is 486 g/mol. The zero-order valence-electron chi connectivity index (χ0n) is 17.7. The van der Waals surface area contributed by atoms with Gasteiger partial charge in [0, 0.05) is 29.1 Å². The smallest absolute Gasteiger partial charge is 0.318 e. The van der Waals surface area contributed by atoms with Crippen LogP contribution >= 0.6 is 11.6 Å². The van der Waals surface area contributed by atoms with Gasteiger partial charge >= 0.3 is 5.92 Å². The zero-order chi connectivity index (χ0) is 24.0. The number of carbonyl (C=O) groups is 3. The highest BCUT2D eigenvalue weighted by Gasteiger charge is 2.39. The number of hydrogen-bond acceptors (Lipinski definition) is 5. The average Bonchev–Trinajstić information content (AvgIpc) is 3.39. The minimum absolute atomic E-state index is 0.170. The Morgan fingerprint density at radius 2 is 1.88 bits per heavy atom. The molecule has 174 valence electrons. The number of benzene rings is 2. The van der Waals surface area contributed by atoms with Crippen LogP contribution in [0.1, 0.15) is 45.6 Å². The van der Waals surface area contributed by atoms with Crippen molar-refractivity contribution in [3.8, 4) is 0 Å². The molecule has 5 rings (SSSR count). The van der Waals surface area contributed by atoms with Crippen LogP contribution in [0.25, 0.3) is 0 Å². The maximum Gasteiger partial charge on any atom is 0.318 e. The predicted octanol–water partition coefficient (Wildman–Crippen LogP) is 2.88. The first kappa shape index (κ1) is 22.1. The van der Waals surface area contributed by atoms with Gasteiger partial charge in [0.2, 0.25) is 11.8 Å². The summed E-state index contributed by atoms with van der Waals surface area (Å²) in [5.74, 6) is -4.44. The normalized spacial score (nSPS) is 18.3. The van der Waals surface area contributed by atoms with Crippen LogP contribution in [-0.2, 0) is 28.6 Å². The van der Waals surface area contributed by atoms with Gasteiger partial charge in [-0.15, -0.1) is 5.10 Å². The van der Waals surface area contributed by atoms with E-state index in [-0.39, 0.29) is 43.3 Å². The molecule has 3 aromatic rings. The Balaban J connectivity index is 1.32. The number of hydrogen-bond donors (Lipinski definition) is 1. The van der Waals surface area contributed by atoms with Gasteiger partial charge in [0.1, 0.15) is 6.04 Å². The molecular weight excluding hydrogens is 468 g/mol. The Morgan fingerprint density at radius 3 is 2.62 bits per heavy atom. The SMILES string of the molecule is O=C1CCC(N2Cc3cc(Cn4cc(C(F)(F)c5ccc(Cl)cc5)nn4)ccc3C2=O)C(=O)N1. The molecule has 2 aromatic carbocycles. The van der Waals surface area contributed by atoms with Crippen LogP contribution in [0.2, 0.25) is 5.02 Å². The van der Waals surface area contributed by atoms with Gasteiger partial charge in [0.15, 0.2) is 5.69 Å². The van der Waals surface area contributed by atoms with E-state index >= 15 is 0 Å². The molecule has 2 aliphatic rings. The lowest BCUT2D eigenvalue weighted by atomic mass is 10.0. The number of nitrogens with zero attached hydrogens (tertiary/aromatic N) is 4. The molecule has 0 radical (unpaired) electrons. The summed E-state index contributed by atoms with van der Waals surface area (Å²) in [7, 11) is 0. The first-order valence-electron chi connectivity index (χ1n) is 10.5. The molecular formula is C23H18ClF2N5O3. The van der Waals surface area contributed by atoms with E-state index in [1.807, 2.05) is 0 Å². The topological polar surface area (TPSA) is 97.2 Å². The quantitative estimate of drug-likeness (QED) is 0.560. The van der Waals surface area contributed by atoms with Crippen molar-refractivity contribution in [3.63, 3.8) is 0 Å². The van der Waals surface area contributed by atoms with Crippen LogP contribution in [0.5, 0.6) is 0 Å². The minimum atomic E-state index is -3.34. The van der Waals surface area contributed by atoms with E-state index in [1.165, 1.54) is 40.0 Å². The summed E-state index contributed by atoms with van der Waals surface area (Å²) in [6, 6.07) is 9.72. The third-order valence-corrected chi connectivity index (χ3v) is 6.25. The van der Waals surface area contributed by atoms with Crippen molar-refractivity contribution in [1.29, 1.82) is 0 Å². The Labute approximate surface area is 197 Å². The maximum atomic E-state index is 14.8. The van der Waals surface area contributed by atoms with Gasteiger partial charge in [-0.1, -0.05) is 41.1 Å². The van der Waals surface area contributed by atoms with Gasteiger partial charge in [0.05, 0.1) is 12.7 Å². The first-order valence-corrected chi connectivity index (χ1v) is 10.9. The second-order valence-corrected chi connectivity index (χ2v) is 8.71. The summed E-state index contributed by atoms with van der Waals surface area (Å²) in [6.07, 6.45) is 1.64. The van der Waals surface area contributed by atoms with Gasteiger partial charge < -0.3 is 4.90 Å². The fourth-order valence-corrected chi connectivity index (χ4v) is 4.37. The van der Waals surface area contributed by atoms with Gasteiger partial charge in [-0.3, -0.25) is 19.7 Å². The van der Waals surface area contributed by atoms with Crippen LogP contribution in [0, 0.1) is 0 Å². The molecule has 1 atom stereocenters. The van der Waals surface area contributed by atoms with Crippen molar-refractivity contribution in [2.45, 2.75) is 37.9 Å². The zero-order valence-corrected chi connectivity index (χ0v) is 18.4. The van der Waals surface area contributed by atoms with E-state index in [1.54, 1.807) is 18.2 Å².